The first kappa shape index (κ1) is 17.5. The second-order valence-corrected chi connectivity index (χ2v) is 6.00. The third kappa shape index (κ3) is 3.92. The van der Waals surface area contributed by atoms with Crippen LogP contribution in [0, 0.1) is 0 Å². The second kappa shape index (κ2) is 7.16. The lowest BCUT2D eigenvalue weighted by Gasteiger charge is -2.19. The van der Waals surface area contributed by atoms with Gasteiger partial charge < -0.3 is 15.9 Å². The Hall–Kier alpha value is -1.84. The number of amidine groups is 1. The van der Waals surface area contributed by atoms with Crippen molar-refractivity contribution in [3.63, 3.8) is 0 Å². The van der Waals surface area contributed by atoms with Gasteiger partial charge in [0.25, 0.3) is 5.91 Å². The Balaban J connectivity index is 2.39. The molecule has 1 aromatic carbocycles. The van der Waals surface area contributed by atoms with E-state index in [1.165, 1.54) is 12.1 Å². The summed E-state index contributed by atoms with van der Waals surface area (Å²) in [7, 11) is 0. The van der Waals surface area contributed by atoms with Crippen LogP contribution in [0.3, 0.4) is 0 Å². The molecule has 2 rings (SSSR count). The Kier molecular flexibility index (Phi) is 5.45. The minimum atomic E-state index is -1.16. The number of hydrogen-bond donors (Lipinski definition) is 4. The number of nitrogens with zero attached hydrogens (tertiary/aromatic N) is 2. The van der Waals surface area contributed by atoms with Crippen LogP contribution >= 0.6 is 28.6 Å². The molecule has 122 valence electrons. The van der Waals surface area contributed by atoms with Crippen molar-refractivity contribution in [3.8, 4) is 5.75 Å². The summed E-state index contributed by atoms with van der Waals surface area (Å²) in [6.45, 7) is -0.518. The van der Waals surface area contributed by atoms with Crippen molar-refractivity contribution in [2.45, 2.75) is 6.04 Å². The first-order chi connectivity index (χ1) is 10.8. The lowest BCUT2D eigenvalue weighted by Crippen LogP contribution is -2.46. The molecular formula is C14H14BrN3O4S. The maximum atomic E-state index is 12.4. The maximum absolute atomic E-state index is 12.4. The lowest BCUT2D eigenvalue weighted by atomic mass is 10.2. The number of aliphatic imine (C=N–C) groups is 1. The standard InChI is InChI=1S/C14H14BrN3O4S/c15-8-3-7(1-2-11(8)19)4-10-14(22)18(5-12(20)21)13(17-10)9(16)6-23/h1-4,9,19,23H,5-6,16H2,(H,20,21)/b10-4-/t9-/m0/s1. The molecule has 1 atom stereocenters. The number of hydrogen-bond acceptors (Lipinski definition) is 6. The average Bonchev–Trinajstić information content (AvgIpc) is 2.79. The normalized spacial score (nSPS) is 17.5. The molecule has 0 saturated heterocycles. The fraction of sp³-hybridized carbons (Fsp3) is 0.214. The van der Waals surface area contributed by atoms with Crippen molar-refractivity contribution >= 4 is 52.3 Å². The number of thiol groups is 1. The lowest BCUT2D eigenvalue weighted by molar-refractivity contribution is -0.140. The predicted molar refractivity (Wildman–Crippen MR) is 92.4 cm³/mol. The molecule has 0 fully saturated rings. The van der Waals surface area contributed by atoms with E-state index in [1.807, 2.05) is 0 Å². The zero-order valence-corrected chi connectivity index (χ0v) is 14.3. The van der Waals surface area contributed by atoms with Crippen molar-refractivity contribution in [1.29, 1.82) is 0 Å². The number of carbonyl (C=O) groups excluding carboxylic acids is 1. The zero-order chi connectivity index (χ0) is 17.1. The van der Waals surface area contributed by atoms with Gasteiger partial charge in [-0.3, -0.25) is 14.5 Å². The number of aliphatic carboxylic acids is 1. The van der Waals surface area contributed by atoms with Crippen LogP contribution in [0.5, 0.6) is 5.75 Å². The monoisotopic (exact) mass is 399 g/mol. The number of aromatic hydroxyl groups is 1. The molecule has 0 unspecified atom stereocenters. The number of amides is 1. The van der Waals surface area contributed by atoms with Gasteiger partial charge in [0, 0.05) is 5.75 Å². The quantitative estimate of drug-likeness (QED) is 0.436. The van der Waals surface area contributed by atoms with Gasteiger partial charge in [-0.05, 0) is 39.7 Å². The smallest absolute Gasteiger partial charge is 0.323 e. The SMILES string of the molecule is N[C@@H](CS)C1=N/C(=C\c2ccc(O)c(Br)c2)C(=O)N1CC(=O)O. The first-order valence-electron chi connectivity index (χ1n) is 6.52. The summed E-state index contributed by atoms with van der Waals surface area (Å²) in [5.41, 5.74) is 6.55. The molecule has 0 bridgehead atoms. The zero-order valence-electron chi connectivity index (χ0n) is 11.8. The van der Waals surface area contributed by atoms with Gasteiger partial charge in [-0.2, -0.15) is 12.6 Å². The molecule has 9 heteroatoms. The number of phenolic OH excluding ortho intramolecular Hbond substituents is 1. The third-order valence-electron chi connectivity index (χ3n) is 3.07. The summed E-state index contributed by atoms with van der Waals surface area (Å²) in [5.74, 6) is -1.23. The highest BCUT2D eigenvalue weighted by atomic mass is 79.9. The number of phenols is 1. The van der Waals surface area contributed by atoms with Gasteiger partial charge in [0.05, 0.1) is 10.5 Å². The number of carboxylic acid groups (broad SMARTS) is 1. The average molecular weight is 400 g/mol. The molecule has 0 aliphatic carbocycles. The van der Waals surface area contributed by atoms with Crippen LogP contribution in [0.15, 0.2) is 33.4 Å². The van der Waals surface area contributed by atoms with Crippen LogP contribution in [0.1, 0.15) is 5.56 Å². The fourth-order valence-corrected chi connectivity index (χ4v) is 2.55. The minimum absolute atomic E-state index is 0.0682. The molecule has 1 amide bonds. The highest BCUT2D eigenvalue weighted by Gasteiger charge is 2.34. The summed E-state index contributed by atoms with van der Waals surface area (Å²) in [6.07, 6.45) is 1.50. The van der Waals surface area contributed by atoms with Gasteiger partial charge >= 0.3 is 5.97 Å². The number of carbonyl (C=O) groups is 2. The number of halogens is 1. The van der Waals surface area contributed by atoms with E-state index < -0.39 is 24.5 Å². The van der Waals surface area contributed by atoms with E-state index in [0.717, 1.165) is 4.90 Å². The Bertz CT molecular complexity index is 720. The second-order valence-electron chi connectivity index (χ2n) is 4.78. The van der Waals surface area contributed by atoms with Crippen LogP contribution in [-0.4, -0.2) is 51.2 Å². The molecule has 0 spiro atoms. The Morgan fingerprint density at radius 3 is 2.78 bits per heavy atom. The highest BCUT2D eigenvalue weighted by molar-refractivity contribution is 9.10. The molecule has 1 heterocycles. The van der Waals surface area contributed by atoms with Crippen LogP contribution < -0.4 is 5.73 Å². The Labute approximate surface area is 146 Å². The van der Waals surface area contributed by atoms with Crippen molar-refractivity contribution < 1.29 is 19.8 Å². The van der Waals surface area contributed by atoms with Gasteiger partial charge in [0.1, 0.15) is 23.8 Å². The molecule has 0 radical (unpaired) electrons. The van der Waals surface area contributed by atoms with Crippen molar-refractivity contribution in [3.05, 3.63) is 33.9 Å². The van der Waals surface area contributed by atoms with Crippen LogP contribution in [0.2, 0.25) is 0 Å². The number of carboxylic acids is 1. The van der Waals surface area contributed by atoms with Gasteiger partial charge in [-0.25, -0.2) is 4.99 Å². The Morgan fingerprint density at radius 1 is 1.52 bits per heavy atom. The third-order valence-corrected chi connectivity index (χ3v) is 4.10. The van der Waals surface area contributed by atoms with E-state index in [-0.39, 0.29) is 23.0 Å². The first-order valence-corrected chi connectivity index (χ1v) is 7.95. The largest absolute Gasteiger partial charge is 0.507 e. The van der Waals surface area contributed by atoms with E-state index in [4.69, 9.17) is 10.8 Å². The molecule has 7 nitrogen and oxygen atoms in total. The molecule has 0 aromatic heterocycles. The fourth-order valence-electron chi connectivity index (χ4n) is 1.99. The maximum Gasteiger partial charge on any atom is 0.323 e. The molecule has 23 heavy (non-hydrogen) atoms. The summed E-state index contributed by atoms with van der Waals surface area (Å²) in [4.78, 5) is 28.5. The van der Waals surface area contributed by atoms with Crippen molar-refractivity contribution in [1.82, 2.24) is 4.90 Å². The topological polar surface area (TPSA) is 116 Å². The molecular weight excluding hydrogens is 386 g/mol. The van der Waals surface area contributed by atoms with Gasteiger partial charge in [0.2, 0.25) is 0 Å². The molecule has 1 aliphatic heterocycles. The Morgan fingerprint density at radius 2 is 2.22 bits per heavy atom. The summed E-state index contributed by atoms with van der Waals surface area (Å²) >= 11 is 7.24. The summed E-state index contributed by atoms with van der Waals surface area (Å²) in [5, 5.41) is 18.4. The van der Waals surface area contributed by atoms with E-state index >= 15 is 0 Å². The number of nitrogens with two attached hydrogens (primary N) is 1. The van der Waals surface area contributed by atoms with Crippen LogP contribution in [0.25, 0.3) is 6.08 Å². The van der Waals surface area contributed by atoms with Crippen molar-refractivity contribution in [2.24, 2.45) is 10.7 Å². The van der Waals surface area contributed by atoms with Gasteiger partial charge in [-0.15, -0.1) is 0 Å². The van der Waals surface area contributed by atoms with E-state index in [0.29, 0.717) is 10.0 Å². The van der Waals surface area contributed by atoms with Crippen LogP contribution in [0.4, 0.5) is 0 Å². The minimum Gasteiger partial charge on any atom is -0.507 e. The van der Waals surface area contributed by atoms with E-state index in [1.54, 1.807) is 12.1 Å². The summed E-state index contributed by atoms with van der Waals surface area (Å²) in [6, 6.07) is 4.03. The van der Waals surface area contributed by atoms with Gasteiger partial charge in [-0.1, -0.05) is 6.07 Å². The van der Waals surface area contributed by atoms with Crippen LogP contribution in [-0.2, 0) is 9.59 Å². The number of benzene rings is 1. The number of rotatable bonds is 5. The van der Waals surface area contributed by atoms with E-state index in [9.17, 15) is 14.7 Å². The summed E-state index contributed by atoms with van der Waals surface area (Å²) < 4.78 is 0.468. The van der Waals surface area contributed by atoms with Gasteiger partial charge in [0.15, 0.2) is 0 Å². The van der Waals surface area contributed by atoms with E-state index in [2.05, 4.69) is 33.6 Å². The molecule has 4 N–H and O–H groups in total. The highest BCUT2D eigenvalue weighted by Crippen LogP contribution is 2.26. The molecule has 1 aliphatic rings. The molecule has 0 saturated carbocycles. The molecule has 1 aromatic rings. The van der Waals surface area contributed by atoms with Crippen molar-refractivity contribution in [2.75, 3.05) is 12.3 Å². The predicted octanol–water partition coefficient (Wildman–Crippen LogP) is 1.08.